The van der Waals surface area contributed by atoms with Crippen LogP contribution in [-0.2, 0) is 6.42 Å². The summed E-state index contributed by atoms with van der Waals surface area (Å²) in [5.41, 5.74) is 2.19. The number of aliphatic imine (C=N–C) groups is 1. The standard InChI is InChI=1S/C17H30N4O/c1-5-14-6-8-15(9-7-14)20-17(18-4)19-11-10-16-12(2)21-22-13(16)3/h14-15H,5-11H2,1-4H3,(H2,18,19,20). The minimum atomic E-state index is 0.563. The van der Waals surface area contributed by atoms with E-state index in [4.69, 9.17) is 4.52 Å². The highest BCUT2D eigenvalue weighted by molar-refractivity contribution is 5.79. The van der Waals surface area contributed by atoms with Crippen LogP contribution >= 0.6 is 0 Å². The van der Waals surface area contributed by atoms with E-state index in [1.54, 1.807) is 0 Å². The summed E-state index contributed by atoms with van der Waals surface area (Å²) in [5, 5.41) is 11.0. The van der Waals surface area contributed by atoms with Crippen molar-refractivity contribution >= 4 is 5.96 Å². The van der Waals surface area contributed by atoms with Crippen molar-refractivity contribution in [3.63, 3.8) is 0 Å². The Labute approximate surface area is 133 Å². The Morgan fingerprint density at radius 2 is 2.00 bits per heavy atom. The molecule has 1 aromatic heterocycles. The Bertz CT molecular complexity index is 467. The van der Waals surface area contributed by atoms with Gasteiger partial charge in [-0.1, -0.05) is 18.5 Å². The van der Waals surface area contributed by atoms with Gasteiger partial charge in [0.05, 0.1) is 5.69 Å². The van der Waals surface area contributed by atoms with Gasteiger partial charge in [-0.05, 0) is 51.9 Å². The van der Waals surface area contributed by atoms with E-state index in [2.05, 4.69) is 27.7 Å². The normalized spacial score (nSPS) is 22.6. The van der Waals surface area contributed by atoms with Crippen molar-refractivity contribution in [1.29, 1.82) is 0 Å². The Balaban J connectivity index is 1.74. The van der Waals surface area contributed by atoms with Crippen molar-refractivity contribution in [2.45, 2.75) is 65.3 Å². The average molecular weight is 306 g/mol. The van der Waals surface area contributed by atoms with Crippen molar-refractivity contribution in [2.24, 2.45) is 10.9 Å². The lowest BCUT2D eigenvalue weighted by molar-refractivity contribution is 0.304. The lowest BCUT2D eigenvalue weighted by atomic mass is 9.84. The lowest BCUT2D eigenvalue weighted by Gasteiger charge is -2.29. The highest BCUT2D eigenvalue weighted by Crippen LogP contribution is 2.26. The van der Waals surface area contributed by atoms with Crippen LogP contribution in [0.3, 0.4) is 0 Å². The van der Waals surface area contributed by atoms with Gasteiger partial charge in [0.25, 0.3) is 0 Å². The van der Waals surface area contributed by atoms with Gasteiger partial charge in [-0.3, -0.25) is 4.99 Å². The summed E-state index contributed by atoms with van der Waals surface area (Å²) in [4.78, 5) is 4.34. The molecule has 124 valence electrons. The molecule has 2 N–H and O–H groups in total. The summed E-state index contributed by atoms with van der Waals surface area (Å²) >= 11 is 0. The predicted octanol–water partition coefficient (Wildman–Crippen LogP) is 2.97. The number of hydrogen-bond donors (Lipinski definition) is 2. The van der Waals surface area contributed by atoms with Crippen molar-refractivity contribution in [1.82, 2.24) is 15.8 Å². The number of guanidine groups is 1. The molecule has 5 heteroatoms. The van der Waals surface area contributed by atoms with Gasteiger partial charge in [0.1, 0.15) is 5.76 Å². The molecular formula is C17H30N4O. The molecule has 1 heterocycles. The van der Waals surface area contributed by atoms with Crippen molar-refractivity contribution in [3.8, 4) is 0 Å². The molecule has 1 saturated carbocycles. The first-order valence-corrected chi connectivity index (χ1v) is 8.53. The van der Waals surface area contributed by atoms with Gasteiger partial charge in [0, 0.05) is 25.2 Å². The molecule has 0 spiro atoms. The Morgan fingerprint density at radius 3 is 2.55 bits per heavy atom. The molecule has 0 aliphatic heterocycles. The van der Waals surface area contributed by atoms with Gasteiger partial charge in [-0.2, -0.15) is 0 Å². The number of nitrogens with zero attached hydrogens (tertiary/aromatic N) is 2. The Kier molecular flexibility index (Phi) is 6.28. The summed E-state index contributed by atoms with van der Waals surface area (Å²) < 4.78 is 5.20. The van der Waals surface area contributed by atoms with Crippen LogP contribution in [0.2, 0.25) is 0 Å². The van der Waals surface area contributed by atoms with E-state index in [9.17, 15) is 0 Å². The number of hydrogen-bond acceptors (Lipinski definition) is 3. The lowest BCUT2D eigenvalue weighted by Crippen LogP contribution is -2.45. The van der Waals surface area contributed by atoms with Crippen molar-refractivity contribution in [2.75, 3.05) is 13.6 Å². The van der Waals surface area contributed by atoms with E-state index in [0.717, 1.165) is 36.3 Å². The van der Waals surface area contributed by atoms with E-state index in [1.807, 2.05) is 20.9 Å². The summed E-state index contributed by atoms with van der Waals surface area (Å²) in [6.45, 7) is 7.10. The van der Waals surface area contributed by atoms with Crippen LogP contribution < -0.4 is 10.6 Å². The third-order valence-electron chi connectivity index (χ3n) is 4.84. The van der Waals surface area contributed by atoms with Crippen molar-refractivity contribution in [3.05, 3.63) is 17.0 Å². The molecule has 0 atom stereocenters. The molecule has 0 aromatic carbocycles. The molecule has 0 saturated heterocycles. The highest BCUT2D eigenvalue weighted by Gasteiger charge is 2.20. The van der Waals surface area contributed by atoms with E-state index < -0.39 is 0 Å². The fraction of sp³-hybridized carbons (Fsp3) is 0.765. The predicted molar refractivity (Wildman–Crippen MR) is 90.2 cm³/mol. The van der Waals surface area contributed by atoms with Crippen LogP contribution in [0.5, 0.6) is 0 Å². The molecule has 0 bridgehead atoms. The van der Waals surface area contributed by atoms with Gasteiger partial charge in [-0.25, -0.2) is 0 Å². The third-order valence-corrected chi connectivity index (χ3v) is 4.84. The van der Waals surface area contributed by atoms with Gasteiger partial charge in [-0.15, -0.1) is 0 Å². The summed E-state index contributed by atoms with van der Waals surface area (Å²) in [6, 6.07) is 0.563. The molecule has 0 unspecified atom stereocenters. The SMILES string of the molecule is CCC1CCC(NC(=NC)NCCc2c(C)noc2C)CC1. The van der Waals surface area contributed by atoms with Crippen molar-refractivity contribution < 1.29 is 4.52 Å². The molecule has 0 amide bonds. The molecule has 1 aliphatic rings. The quantitative estimate of drug-likeness (QED) is 0.648. The van der Waals surface area contributed by atoms with Crippen LogP contribution in [0.1, 0.15) is 56.0 Å². The zero-order valence-corrected chi connectivity index (χ0v) is 14.4. The summed E-state index contributed by atoms with van der Waals surface area (Å²) in [7, 11) is 1.84. The molecule has 0 radical (unpaired) electrons. The van der Waals surface area contributed by atoms with E-state index in [0.29, 0.717) is 6.04 Å². The van der Waals surface area contributed by atoms with Crippen LogP contribution in [0.15, 0.2) is 9.52 Å². The van der Waals surface area contributed by atoms with Crippen LogP contribution in [0.25, 0.3) is 0 Å². The third kappa shape index (κ3) is 4.49. The van der Waals surface area contributed by atoms with Gasteiger partial charge in [0.15, 0.2) is 5.96 Å². The maximum absolute atomic E-state index is 5.20. The molecular weight excluding hydrogens is 276 g/mol. The van der Waals surface area contributed by atoms with Crippen LogP contribution in [-0.4, -0.2) is 30.8 Å². The van der Waals surface area contributed by atoms with Crippen LogP contribution in [0, 0.1) is 19.8 Å². The van der Waals surface area contributed by atoms with E-state index in [-0.39, 0.29) is 0 Å². The second-order valence-corrected chi connectivity index (χ2v) is 6.32. The molecule has 1 aliphatic carbocycles. The number of rotatable bonds is 5. The zero-order chi connectivity index (χ0) is 15.9. The second kappa shape index (κ2) is 8.20. The summed E-state index contributed by atoms with van der Waals surface area (Å²) in [5.74, 6) is 2.75. The number of aromatic nitrogens is 1. The number of aryl methyl sites for hydroxylation is 2. The second-order valence-electron chi connectivity index (χ2n) is 6.32. The fourth-order valence-corrected chi connectivity index (χ4v) is 3.27. The first kappa shape index (κ1) is 16.8. The topological polar surface area (TPSA) is 62.5 Å². The van der Waals surface area contributed by atoms with E-state index >= 15 is 0 Å². The maximum atomic E-state index is 5.20. The van der Waals surface area contributed by atoms with Gasteiger partial charge >= 0.3 is 0 Å². The maximum Gasteiger partial charge on any atom is 0.191 e. The first-order chi connectivity index (χ1) is 10.6. The first-order valence-electron chi connectivity index (χ1n) is 8.53. The molecule has 22 heavy (non-hydrogen) atoms. The molecule has 1 fully saturated rings. The zero-order valence-electron chi connectivity index (χ0n) is 14.4. The molecule has 1 aromatic rings. The Hall–Kier alpha value is -1.52. The number of nitrogens with one attached hydrogen (secondary N) is 2. The van der Waals surface area contributed by atoms with E-state index in [1.165, 1.54) is 37.7 Å². The molecule has 2 rings (SSSR count). The Morgan fingerprint density at radius 1 is 1.27 bits per heavy atom. The fourth-order valence-electron chi connectivity index (χ4n) is 3.27. The van der Waals surface area contributed by atoms with Crippen LogP contribution in [0.4, 0.5) is 0 Å². The minimum absolute atomic E-state index is 0.563. The smallest absolute Gasteiger partial charge is 0.191 e. The average Bonchev–Trinajstić information content (AvgIpc) is 2.86. The largest absolute Gasteiger partial charge is 0.361 e. The minimum Gasteiger partial charge on any atom is -0.361 e. The monoisotopic (exact) mass is 306 g/mol. The van der Waals surface area contributed by atoms with Gasteiger partial charge in [0.2, 0.25) is 0 Å². The highest BCUT2D eigenvalue weighted by atomic mass is 16.5. The van der Waals surface area contributed by atoms with Gasteiger partial charge < -0.3 is 15.2 Å². The molecule has 5 nitrogen and oxygen atoms in total. The summed E-state index contributed by atoms with van der Waals surface area (Å²) in [6.07, 6.45) is 7.40.